The van der Waals surface area contributed by atoms with Crippen molar-refractivity contribution in [3.63, 3.8) is 0 Å². The normalized spacial score (nSPS) is 12.2. The van der Waals surface area contributed by atoms with Gasteiger partial charge >= 0.3 is 0 Å². The van der Waals surface area contributed by atoms with Gasteiger partial charge in [0.05, 0.1) is 0 Å². The van der Waals surface area contributed by atoms with E-state index in [4.69, 9.17) is 0 Å². The minimum Gasteiger partial charge on any atom is -0.378 e. The van der Waals surface area contributed by atoms with Gasteiger partial charge in [0.15, 0.2) is 0 Å². The summed E-state index contributed by atoms with van der Waals surface area (Å²) >= 11 is 0. The molecule has 0 saturated heterocycles. The zero-order valence-corrected chi connectivity index (χ0v) is 10.7. The zero-order chi connectivity index (χ0) is 12.3. The van der Waals surface area contributed by atoms with E-state index in [0.717, 1.165) is 0 Å². The molecule has 0 spiro atoms. The largest absolute Gasteiger partial charge is 0.378 e. The Hall–Kier alpha value is -1.76. The van der Waals surface area contributed by atoms with E-state index in [9.17, 15) is 0 Å². The van der Waals surface area contributed by atoms with Crippen molar-refractivity contribution >= 4 is 5.69 Å². The SMILES string of the molecule is Cc1cccc(C(C)Nc2ccccc2C)c1. The second-order valence-corrected chi connectivity index (χ2v) is 4.60. The Morgan fingerprint density at radius 3 is 2.41 bits per heavy atom. The maximum absolute atomic E-state index is 3.55. The van der Waals surface area contributed by atoms with E-state index in [-0.39, 0.29) is 0 Å². The summed E-state index contributed by atoms with van der Waals surface area (Å²) in [6, 6.07) is 17.4. The molecule has 0 heterocycles. The number of para-hydroxylation sites is 1. The molecule has 0 saturated carbocycles. The molecule has 0 aromatic heterocycles. The summed E-state index contributed by atoms with van der Waals surface area (Å²) in [5, 5.41) is 3.55. The minimum absolute atomic E-state index is 0.330. The molecule has 0 fully saturated rings. The Kier molecular flexibility index (Phi) is 3.48. The first kappa shape index (κ1) is 11.7. The van der Waals surface area contributed by atoms with Crippen LogP contribution < -0.4 is 5.32 Å². The van der Waals surface area contributed by atoms with E-state index >= 15 is 0 Å². The van der Waals surface area contributed by atoms with E-state index < -0.39 is 0 Å². The smallest absolute Gasteiger partial charge is 0.0485 e. The minimum atomic E-state index is 0.330. The van der Waals surface area contributed by atoms with E-state index in [1.54, 1.807) is 0 Å². The standard InChI is InChI=1S/C16H19N/c1-12-7-6-9-15(11-12)14(3)17-16-10-5-4-8-13(16)2/h4-11,14,17H,1-3H3. The number of aryl methyl sites for hydroxylation is 2. The maximum Gasteiger partial charge on any atom is 0.0485 e. The third kappa shape index (κ3) is 2.88. The van der Waals surface area contributed by atoms with Crippen LogP contribution in [0.5, 0.6) is 0 Å². The lowest BCUT2D eigenvalue weighted by molar-refractivity contribution is 0.881. The van der Waals surface area contributed by atoms with Crippen LogP contribution in [-0.2, 0) is 0 Å². The van der Waals surface area contributed by atoms with E-state index in [0.29, 0.717) is 6.04 Å². The maximum atomic E-state index is 3.55. The molecule has 0 amide bonds. The molecule has 0 aliphatic carbocycles. The Morgan fingerprint density at radius 2 is 1.71 bits per heavy atom. The van der Waals surface area contributed by atoms with Gasteiger partial charge in [-0.3, -0.25) is 0 Å². The molecule has 17 heavy (non-hydrogen) atoms. The van der Waals surface area contributed by atoms with Crippen LogP contribution in [0.15, 0.2) is 48.5 Å². The second-order valence-electron chi connectivity index (χ2n) is 4.60. The molecule has 0 aliphatic rings. The molecular formula is C16H19N. The van der Waals surface area contributed by atoms with Crippen molar-refractivity contribution in [3.8, 4) is 0 Å². The predicted molar refractivity (Wildman–Crippen MR) is 74.4 cm³/mol. The lowest BCUT2D eigenvalue weighted by atomic mass is 10.0. The predicted octanol–water partition coefficient (Wildman–Crippen LogP) is 4.48. The Labute approximate surface area is 103 Å². The number of anilines is 1. The molecule has 88 valence electrons. The highest BCUT2D eigenvalue weighted by Crippen LogP contribution is 2.22. The van der Waals surface area contributed by atoms with Crippen molar-refractivity contribution in [3.05, 3.63) is 65.2 Å². The summed E-state index contributed by atoms with van der Waals surface area (Å²) in [7, 11) is 0. The van der Waals surface area contributed by atoms with Gasteiger partial charge in [-0.2, -0.15) is 0 Å². The molecule has 1 atom stereocenters. The summed E-state index contributed by atoms with van der Waals surface area (Å²) in [4.78, 5) is 0. The van der Waals surface area contributed by atoms with Gasteiger partial charge in [0.25, 0.3) is 0 Å². The molecular weight excluding hydrogens is 206 g/mol. The fraction of sp³-hybridized carbons (Fsp3) is 0.250. The summed E-state index contributed by atoms with van der Waals surface area (Å²) in [6.45, 7) is 6.45. The van der Waals surface area contributed by atoms with Crippen LogP contribution in [0.2, 0.25) is 0 Å². The van der Waals surface area contributed by atoms with Gasteiger partial charge in [0.2, 0.25) is 0 Å². The molecule has 1 nitrogen and oxygen atoms in total. The van der Waals surface area contributed by atoms with E-state index in [1.807, 2.05) is 0 Å². The van der Waals surface area contributed by atoms with Crippen molar-refractivity contribution in [2.45, 2.75) is 26.8 Å². The van der Waals surface area contributed by atoms with E-state index in [2.05, 4.69) is 74.6 Å². The average molecular weight is 225 g/mol. The van der Waals surface area contributed by atoms with Crippen molar-refractivity contribution in [2.75, 3.05) is 5.32 Å². The van der Waals surface area contributed by atoms with E-state index in [1.165, 1.54) is 22.4 Å². The Balaban J connectivity index is 2.17. The Morgan fingerprint density at radius 1 is 0.941 bits per heavy atom. The van der Waals surface area contributed by atoms with Crippen LogP contribution in [0.25, 0.3) is 0 Å². The summed E-state index contributed by atoms with van der Waals surface area (Å²) in [5.74, 6) is 0. The number of hydrogen-bond acceptors (Lipinski definition) is 1. The molecule has 0 bridgehead atoms. The van der Waals surface area contributed by atoms with Crippen LogP contribution in [0.1, 0.15) is 29.7 Å². The topological polar surface area (TPSA) is 12.0 Å². The van der Waals surface area contributed by atoms with Crippen LogP contribution >= 0.6 is 0 Å². The summed E-state index contributed by atoms with van der Waals surface area (Å²) in [5.41, 5.74) is 5.13. The lowest BCUT2D eigenvalue weighted by Gasteiger charge is -2.17. The first-order valence-electron chi connectivity index (χ1n) is 6.05. The van der Waals surface area contributed by atoms with Crippen LogP contribution in [-0.4, -0.2) is 0 Å². The first-order chi connectivity index (χ1) is 8.16. The van der Waals surface area contributed by atoms with Gasteiger partial charge in [-0.05, 0) is 38.0 Å². The van der Waals surface area contributed by atoms with Crippen molar-refractivity contribution in [2.24, 2.45) is 0 Å². The van der Waals surface area contributed by atoms with Gasteiger partial charge in [0, 0.05) is 11.7 Å². The molecule has 2 aromatic carbocycles. The number of nitrogens with one attached hydrogen (secondary N) is 1. The number of hydrogen-bond donors (Lipinski definition) is 1. The molecule has 2 rings (SSSR count). The van der Waals surface area contributed by atoms with Crippen LogP contribution in [0.3, 0.4) is 0 Å². The quantitative estimate of drug-likeness (QED) is 0.812. The van der Waals surface area contributed by atoms with Gasteiger partial charge in [-0.1, -0.05) is 48.0 Å². The molecule has 0 aliphatic heterocycles. The van der Waals surface area contributed by atoms with Gasteiger partial charge in [-0.15, -0.1) is 0 Å². The second kappa shape index (κ2) is 5.05. The molecule has 1 N–H and O–H groups in total. The lowest BCUT2D eigenvalue weighted by Crippen LogP contribution is -2.07. The molecule has 1 heteroatoms. The molecule has 1 unspecified atom stereocenters. The number of rotatable bonds is 3. The van der Waals surface area contributed by atoms with Crippen molar-refractivity contribution < 1.29 is 0 Å². The zero-order valence-electron chi connectivity index (χ0n) is 10.7. The van der Waals surface area contributed by atoms with Crippen molar-refractivity contribution in [1.82, 2.24) is 0 Å². The monoisotopic (exact) mass is 225 g/mol. The highest BCUT2D eigenvalue weighted by Gasteiger charge is 2.06. The highest BCUT2D eigenvalue weighted by atomic mass is 14.9. The van der Waals surface area contributed by atoms with Crippen LogP contribution in [0, 0.1) is 13.8 Å². The van der Waals surface area contributed by atoms with Crippen LogP contribution in [0.4, 0.5) is 5.69 Å². The fourth-order valence-corrected chi connectivity index (χ4v) is 1.99. The third-order valence-corrected chi connectivity index (χ3v) is 3.06. The molecule has 2 aromatic rings. The molecule has 0 radical (unpaired) electrons. The first-order valence-corrected chi connectivity index (χ1v) is 6.05. The van der Waals surface area contributed by atoms with Gasteiger partial charge in [0.1, 0.15) is 0 Å². The Bertz CT molecular complexity index is 502. The summed E-state index contributed by atoms with van der Waals surface area (Å²) in [6.07, 6.45) is 0. The van der Waals surface area contributed by atoms with Gasteiger partial charge in [-0.25, -0.2) is 0 Å². The third-order valence-electron chi connectivity index (χ3n) is 3.06. The van der Waals surface area contributed by atoms with Gasteiger partial charge < -0.3 is 5.32 Å². The average Bonchev–Trinajstić information content (AvgIpc) is 2.32. The van der Waals surface area contributed by atoms with Crippen molar-refractivity contribution in [1.29, 1.82) is 0 Å². The highest BCUT2D eigenvalue weighted by molar-refractivity contribution is 5.51. The summed E-state index contributed by atoms with van der Waals surface area (Å²) < 4.78 is 0. The number of benzene rings is 2. The fourth-order valence-electron chi connectivity index (χ4n) is 1.99.